The lowest BCUT2D eigenvalue weighted by molar-refractivity contribution is -0.124. The molecule has 2 aromatic rings. The van der Waals surface area contributed by atoms with Crippen molar-refractivity contribution in [1.82, 2.24) is 5.32 Å². The number of carbonyl (C=O) groups is 2. The molecule has 142 valence electrons. The molecule has 0 radical (unpaired) electrons. The minimum absolute atomic E-state index is 0.0231. The van der Waals surface area contributed by atoms with Crippen molar-refractivity contribution in [3.8, 4) is 5.75 Å². The third kappa shape index (κ3) is 4.67. The number of esters is 1. The van der Waals surface area contributed by atoms with Gasteiger partial charge in [-0.3, -0.25) is 4.79 Å². The van der Waals surface area contributed by atoms with E-state index in [-0.39, 0.29) is 29.9 Å². The van der Waals surface area contributed by atoms with Gasteiger partial charge >= 0.3 is 5.97 Å². The quantitative estimate of drug-likeness (QED) is 0.792. The molecule has 2 aromatic carbocycles. The summed E-state index contributed by atoms with van der Waals surface area (Å²) in [6.07, 6.45) is 4.66. The molecule has 27 heavy (non-hydrogen) atoms. The van der Waals surface area contributed by atoms with E-state index in [1.54, 1.807) is 19.1 Å². The highest BCUT2D eigenvalue weighted by molar-refractivity contribution is 5.91. The van der Waals surface area contributed by atoms with Gasteiger partial charge in [0.05, 0.1) is 11.6 Å². The molecule has 1 amide bonds. The molecule has 0 unspecified atom stereocenters. The van der Waals surface area contributed by atoms with Crippen molar-refractivity contribution in [1.29, 1.82) is 0 Å². The van der Waals surface area contributed by atoms with Crippen LogP contribution in [0.1, 0.15) is 58.4 Å². The Bertz CT molecular complexity index is 859. The van der Waals surface area contributed by atoms with Crippen molar-refractivity contribution in [3.05, 3.63) is 64.2 Å². The Balaban J connectivity index is 1.54. The van der Waals surface area contributed by atoms with Gasteiger partial charge in [0.15, 0.2) is 6.61 Å². The van der Waals surface area contributed by atoms with E-state index in [1.807, 2.05) is 6.92 Å². The van der Waals surface area contributed by atoms with Crippen LogP contribution in [-0.2, 0) is 22.4 Å². The van der Waals surface area contributed by atoms with Gasteiger partial charge in [-0.2, -0.15) is 0 Å². The number of benzene rings is 2. The molecule has 5 nitrogen and oxygen atoms in total. The second-order valence-corrected chi connectivity index (χ2v) is 7.10. The first-order valence-corrected chi connectivity index (χ1v) is 9.32. The monoisotopic (exact) mass is 367 g/mol. The summed E-state index contributed by atoms with van der Waals surface area (Å²) >= 11 is 0. The zero-order valence-electron chi connectivity index (χ0n) is 15.7. The van der Waals surface area contributed by atoms with E-state index in [2.05, 4.69) is 23.5 Å². The Kier molecular flexibility index (Phi) is 5.79. The highest BCUT2D eigenvalue weighted by Gasteiger charge is 2.16. The zero-order valence-corrected chi connectivity index (χ0v) is 15.7. The molecule has 0 bridgehead atoms. The standard InChI is InChI=1S/C22H25NO4/c1-14-7-8-19(12-20(14)24)22(26)27-13-21(25)23-15(2)17-10-9-16-5-3-4-6-18(16)11-17/h7-12,15,24H,3-6,13H2,1-2H3,(H,23,25)/t15-/m0/s1. The lowest BCUT2D eigenvalue weighted by Crippen LogP contribution is -2.31. The Morgan fingerprint density at radius 2 is 1.85 bits per heavy atom. The van der Waals surface area contributed by atoms with Gasteiger partial charge in [-0.25, -0.2) is 4.79 Å². The Morgan fingerprint density at radius 1 is 1.11 bits per heavy atom. The maximum absolute atomic E-state index is 12.1. The van der Waals surface area contributed by atoms with Gasteiger partial charge < -0.3 is 15.2 Å². The maximum atomic E-state index is 12.1. The van der Waals surface area contributed by atoms with Crippen LogP contribution in [0.3, 0.4) is 0 Å². The number of hydrogen-bond donors (Lipinski definition) is 2. The van der Waals surface area contributed by atoms with Gasteiger partial charge in [0.2, 0.25) is 0 Å². The first-order valence-electron chi connectivity index (χ1n) is 9.32. The number of carbonyl (C=O) groups excluding carboxylic acids is 2. The number of aromatic hydroxyl groups is 1. The molecule has 0 heterocycles. The van der Waals surface area contributed by atoms with E-state index in [0.29, 0.717) is 5.56 Å². The molecule has 0 saturated heterocycles. The van der Waals surface area contributed by atoms with Crippen molar-refractivity contribution in [2.75, 3.05) is 6.61 Å². The highest BCUT2D eigenvalue weighted by atomic mass is 16.5. The molecule has 3 rings (SSSR count). The van der Waals surface area contributed by atoms with E-state index in [1.165, 1.54) is 30.0 Å². The number of fused-ring (bicyclic) bond motifs is 1. The fourth-order valence-corrected chi connectivity index (χ4v) is 3.34. The summed E-state index contributed by atoms with van der Waals surface area (Å²) in [6, 6.07) is 10.7. The molecule has 1 aliphatic rings. The fraction of sp³-hybridized carbons (Fsp3) is 0.364. The Morgan fingerprint density at radius 3 is 2.59 bits per heavy atom. The third-order valence-corrected chi connectivity index (χ3v) is 5.03. The molecule has 0 aromatic heterocycles. The van der Waals surface area contributed by atoms with Crippen LogP contribution in [0.4, 0.5) is 0 Å². The minimum Gasteiger partial charge on any atom is -0.508 e. The maximum Gasteiger partial charge on any atom is 0.338 e. The predicted octanol–water partition coefficient (Wildman–Crippen LogP) is 3.61. The first kappa shape index (κ1) is 19.0. The number of nitrogens with one attached hydrogen (secondary N) is 1. The van der Waals surface area contributed by atoms with E-state index in [4.69, 9.17) is 4.74 Å². The highest BCUT2D eigenvalue weighted by Crippen LogP contribution is 2.24. The van der Waals surface area contributed by atoms with Crippen molar-refractivity contribution in [2.24, 2.45) is 0 Å². The van der Waals surface area contributed by atoms with Crippen LogP contribution in [0.25, 0.3) is 0 Å². The summed E-state index contributed by atoms with van der Waals surface area (Å²) < 4.78 is 5.05. The summed E-state index contributed by atoms with van der Waals surface area (Å²) in [5.74, 6) is -0.971. The van der Waals surface area contributed by atoms with Gasteiger partial charge in [0, 0.05) is 0 Å². The fourth-order valence-electron chi connectivity index (χ4n) is 3.34. The van der Waals surface area contributed by atoms with Crippen LogP contribution in [0.15, 0.2) is 36.4 Å². The predicted molar refractivity (Wildman–Crippen MR) is 103 cm³/mol. The molecule has 1 aliphatic carbocycles. The molecule has 1 atom stereocenters. The molecule has 0 fully saturated rings. The molecule has 5 heteroatoms. The summed E-state index contributed by atoms with van der Waals surface area (Å²) in [5, 5.41) is 12.5. The first-order chi connectivity index (χ1) is 12.9. The van der Waals surface area contributed by atoms with Crippen molar-refractivity contribution in [3.63, 3.8) is 0 Å². The van der Waals surface area contributed by atoms with Gasteiger partial charge in [-0.15, -0.1) is 0 Å². The van der Waals surface area contributed by atoms with Crippen molar-refractivity contribution >= 4 is 11.9 Å². The number of amides is 1. The topological polar surface area (TPSA) is 75.6 Å². The largest absolute Gasteiger partial charge is 0.508 e. The SMILES string of the molecule is Cc1ccc(C(=O)OCC(=O)N[C@@H](C)c2ccc3c(c2)CCCC3)cc1O. The number of phenols is 1. The Hall–Kier alpha value is -2.82. The lowest BCUT2D eigenvalue weighted by atomic mass is 9.89. The summed E-state index contributed by atoms with van der Waals surface area (Å²) in [6.45, 7) is 3.30. The summed E-state index contributed by atoms with van der Waals surface area (Å²) in [7, 11) is 0. The number of rotatable bonds is 5. The number of ether oxygens (including phenoxy) is 1. The van der Waals surface area contributed by atoms with Crippen molar-refractivity contribution < 1.29 is 19.4 Å². The minimum atomic E-state index is -0.637. The van der Waals surface area contributed by atoms with Crippen LogP contribution in [0, 0.1) is 6.92 Å². The van der Waals surface area contributed by atoms with Crippen LogP contribution in [0.2, 0.25) is 0 Å². The van der Waals surface area contributed by atoms with Crippen LogP contribution < -0.4 is 5.32 Å². The van der Waals surface area contributed by atoms with E-state index < -0.39 is 5.97 Å². The smallest absolute Gasteiger partial charge is 0.338 e. The number of phenolic OH excluding ortho intramolecular Hbond substituents is 1. The average molecular weight is 367 g/mol. The van der Waals surface area contributed by atoms with E-state index in [0.717, 1.165) is 18.4 Å². The third-order valence-electron chi connectivity index (χ3n) is 5.03. The van der Waals surface area contributed by atoms with Crippen LogP contribution >= 0.6 is 0 Å². The normalized spacial score (nSPS) is 14.1. The van der Waals surface area contributed by atoms with Crippen LogP contribution in [0.5, 0.6) is 5.75 Å². The van der Waals surface area contributed by atoms with Gasteiger partial charge in [0.1, 0.15) is 5.75 Å². The second-order valence-electron chi connectivity index (χ2n) is 7.10. The molecule has 0 saturated carbocycles. The molecule has 0 spiro atoms. The molecular formula is C22H25NO4. The molecular weight excluding hydrogens is 342 g/mol. The van der Waals surface area contributed by atoms with Gasteiger partial charge in [-0.1, -0.05) is 24.3 Å². The van der Waals surface area contributed by atoms with Gasteiger partial charge in [0.25, 0.3) is 5.91 Å². The van der Waals surface area contributed by atoms with E-state index in [9.17, 15) is 14.7 Å². The van der Waals surface area contributed by atoms with E-state index >= 15 is 0 Å². The van der Waals surface area contributed by atoms with Gasteiger partial charge in [-0.05, 0) is 73.9 Å². The summed E-state index contributed by atoms with van der Waals surface area (Å²) in [4.78, 5) is 24.2. The number of hydrogen-bond acceptors (Lipinski definition) is 4. The average Bonchev–Trinajstić information content (AvgIpc) is 2.67. The number of aryl methyl sites for hydroxylation is 3. The lowest BCUT2D eigenvalue weighted by Gasteiger charge is -2.20. The molecule has 2 N–H and O–H groups in total. The van der Waals surface area contributed by atoms with Crippen molar-refractivity contribution in [2.45, 2.75) is 45.6 Å². The zero-order chi connectivity index (χ0) is 19.4. The summed E-state index contributed by atoms with van der Waals surface area (Å²) in [5.41, 5.74) is 4.71. The van der Waals surface area contributed by atoms with Crippen LogP contribution in [-0.4, -0.2) is 23.6 Å². The second kappa shape index (κ2) is 8.25. The molecule has 0 aliphatic heterocycles. The Labute approximate surface area is 159 Å².